The van der Waals surface area contributed by atoms with Gasteiger partial charge in [-0.1, -0.05) is 17.4 Å². The molecule has 1 amide bonds. The van der Waals surface area contributed by atoms with E-state index in [2.05, 4.69) is 9.71 Å². The lowest BCUT2D eigenvalue weighted by atomic mass is 10.3. The van der Waals surface area contributed by atoms with Crippen molar-refractivity contribution in [3.63, 3.8) is 0 Å². The number of nitrogens with one attached hydrogen (secondary N) is 1. The fraction of sp³-hybridized carbons (Fsp3) is 0.294. The number of anilines is 1. The average Bonchev–Trinajstić information content (AvgIpc) is 3.23. The van der Waals surface area contributed by atoms with E-state index in [1.807, 2.05) is 23.6 Å². The fourth-order valence-corrected chi connectivity index (χ4v) is 5.77. The summed E-state index contributed by atoms with van der Waals surface area (Å²) in [6.07, 6.45) is 0. The number of sulfonamides is 1. The topological polar surface area (TPSA) is 89.8 Å². The Balaban J connectivity index is 2.13. The minimum Gasteiger partial charge on any atom is -0.380 e. The zero-order valence-corrected chi connectivity index (χ0v) is 17.3. The third-order valence-corrected chi connectivity index (χ3v) is 7.41. The van der Waals surface area contributed by atoms with Crippen LogP contribution >= 0.6 is 22.7 Å². The van der Waals surface area contributed by atoms with Crippen molar-refractivity contribution >= 4 is 54.5 Å². The van der Waals surface area contributed by atoms with Crippen LogP contribution in [0.25, 0.3) is 10.2 Å². The molecule has 0 saturated carbocycles. The highest BCUT2D eigenvalue weighted by Crippen LogP contribution is 2.23. The van der Waals surface area contributed by atoms with Crippen molar-refractivity contribution in [2.24, 2.45) is 4.40 Å². The van der Waals surface area contributed by atoms with Gasteiger partial charge in [0, 0.05) is 25.8 Å². The molecule has 10 heteroatoms. The quantitative estimate of drug-likeness (QED) is 0.589. The molecule has 0 spiro atoms. The monoisotopic (exact) mass is 425 g/mol. The number of thiophene rings is 1. The van der Waals surface area contributed by atoms with Gasteiger partial charge in [-0.25, -0.2) is 0 Å². The number of carbonyl (C=O) groups is 1. The summed E-state index contributed by atoms with van der Waals surface area (Å²) >= 11 is 2.40. The average molecular weight is 426 g/mol. The van der Waals surface area contributed by atoms with Gasteiger partial charge < -0.3 is 14.6 Å². The molecule has 0 fully saturated rings. The van der Waals surface area contributed by atoms with Crippen LogP contribution in [0.4, 0.5) is 5.69 Å². The van der Waals surface area contributed by atoms with Gasteiger partial charge in [0.05, 0.1) is 16.8 Å². The number of fused-ring (bicyclic) bond motifs is 1. The van der Waals surface area contributed by atoms with Gasteiger partial charge in [0.1, 0.15) is 4.21 Å². The largest absolute Gasteiger partial charge is 0.380 e. The maximum absolute atomic E-state index is 12.6. The number of hydrogen-bond donors (Lipinski definition) is 1. The summed E-state index contributed by atoms with van der Waals surface area (Å²) < 4.78 is 37.5. The minimum atomic E-state index is -3.78. The first-order chi connectivity index (χ1) is 12.9. The molecular weight excluding hydrogens is 406 g/mol. The Morgan fingerprint density at radius 1 is 1.33 bits per heavy atom. The van der Waals surface area contributed by atoms with Crippen LogP contribution < -0.4 is 10.1 Å². The molecule has 0 saturated heterocycles. The molecule has 7 nitrogen and oxygen atoms in total. The van der Waals surface area contributed by atoms with Crippen LogP contribution in [0, 0.1) is 0 Å². The van der Waals surface area contributed by atoms with Crippen LogP contribution in [0.2, 0.25) is 0 Å². The number of amides is 1. The first kappa shape index (κ1) is 19.7. The van der Waals surface area contributed by atoms with E-state index in [-0.39, 0.29) is 10.1 Å². The smallest absolute Gasteiger partial charge is 0.294 e. The van der Waals surface area contributed by atoms with E-state index in [4.69, 9.17) is 4.74 Å². The maximum Gasteiger partial charge on any atom is 0.294 e. The predicted octanol–water partition coefficient (Wildman–Crippen LogP) is 3.05. The van der Waals surface area contributed by atoms with Gasteiger partial charge in [-0.2, -0.15) is 8.42 Å². The Kier molecular flexibility index (Phi) is 6.10. The molecule has 27 heavy (non-hydrogen) atoms. The van der Waals surface area contributed by atoms with Crippen molar-refractivity contribution in [3.05, 3.63) is 40.5 Å². The van der Waals surface area contributed by atoms with Crippen molar-refractivity contribution in [3.8, 4) is 0 Å². The summed E-state index contributed by atoms with van der Waals surface area (Å²) in [5, 5.41) is 4.44. The molecule has 0 bridgehead atoms. The van der Waals surface area contributed by atoms with Crippen LogP contribution in [-0.4, -0.2) is 32.1 Å². The number of ether oxygens (including phenoxy) is 1. The molecule has 0 aliphatic rings. The van der Waals surface area contributed by atoms with Gasteiger partial charge in [-0.15, -0.1) is 15.7 Å². The highest BCUT2D eigenvalue weighted by atomic mass is 32.2. The molecule has 0 atom stereocenters. The van der Waals surface area contributed by atoms with Crippen LogP contribution in [0.1, 0.15) is 13.8 Å². The summed E-state index contributed by atoms with van der Waals surface area (Å²) in [6, 6.07) is 8.66. The number of benzene rings is 1. The van der Waals surface area contributed by atoms with Crippen LogP contribution in [-0.2, 0) is 26.1 Å². The molecule has 0 unspecified atom stereocenters. The fourth-order valence-electron chi connectivity index (χ4n) is 2.50. The Morgan fingerprint density at radius 3 is 2.81 bits per heavy atom. The molecule has 3 rings (SSSR count). The van der Waals surface area contributed by atoms with Crippen molar-refractivity contribution in [1.29, 1.82) is 0 Å². The first-order valence-corrected chi connectivity index (χ1v) is 11.4. The molecule has 0 aliphatic heterocycles. The van der Waals surface area contributed by atoms with Crippen molar-refractivity contribution in [2.75, 3.05) is 18.5 Å². The standard InChI is InChI=1S/C17H19N3O4S3/c1-3-24-9-8-20-14-7-6-13(18-12(2)21)11-15(14)26-17(20)19-27(22,23)16-5-4-10-25-16/h4-7,10-11H,3,8-9H2,1-2H3,(H,18,21). The predicted molar refractivity (Wildman–Crippen MR) is 108 cm³/mol. The van der Waals surface area contributed by atoms with Gasteiger partial charge in [0.25, 0.3) is 10.0 Å². The number of aromatic nitrogens is 1. The van der Waals surface area contributed by atoms with E-state index in [1.54, 1.807) is 17.5 Å². The second kappa shape index (κ2) is 8.34. The Hall–Kier alpha value is -2.01. The second-order valence-corrected chi connectivity index (χ2v) is 9.38. The zero-order valence-electron chi connectivity index (χ0n) is 14.8. The SMILES string of the molecule is CCOCCn1c(=NS(=O)(=O)c2cccs2)sc2cc(NC(C)=O)ccc21. The second-order valence-electron chi connectivity index (χ2n) is 5.60. The molecule has 3 aromatic rings. The lowest BCUT2D eigenvalue weighted by Gasteiger charge is -2.06. The number of thiazole rings is 1. The summed E-state index contributed by atoms with van der Waals surface area (Å²) in [6.45, 7) is 4.85. The minimum absolute atomic E-state index is 0.166. The van der Waals surface area contributed by atoms with Gasteiger partial charge in [-0.05, 0) is 36.6 Å². The maximum atomic E-state index is 12.6. The van der Waals surface area contributed by atoms with E-state index >= 15 is 0 Å². The van der Waals surface area contributed by atoms with Crippen LogP contribution in [0.5, 0.6) is 0 Å². The van der Waals surface area contributed by atoms with Gasteiger partial charge in [0.15, 0.2) is 0 Å². The molecule has 2 aromatic heterocycles. The molecular formula is C17H19N3O4S3. The van der Waals surface area contributed by atoms with Crippen molar-refractivity contribution < 1.29 is 17.9 Å². The van der Waals surface area contributed by atoms with Crippen LogP contribution in [0.3, 0.4) is 0 Å². The summed E-state index contributed by atoms with van der Waals surface area (Å²) in [7, 11) is -3.78. The van der Waals surface area contributed by atoms with Crippen LogP contribution in [0.15, 0.2) is 44.3 Å². The molecule has 0 radical (unpaired) electrons. The normalized spacial score (nSPS) is 12.6. The third kappa shape index (κ3) is 4.64. The van der Waals surface area contributed by atoms with E-state index in [0.29, 0.717) is 30.2 Å². The van der Waals surface area contributed by atoms with Crippen molar-refractivity contribution in [1.82, 2.24) is 4.57 Å². The van der Waals surface area contributed by atoms with E-state index in [1.165, 1.54) is 24.3 Å². The Bertz CT molecular complexity index is 1110. The number of carbonyl (C=O) groups excluding carboxylic acids is 1. The first-order valence-electron chi connectivity index (χ1n) is 8.24. The van der Waals surface area contributed by atoms with Crippen molar-refractivity contribution in [2.45, 2.75) is 24.6 Å². The summed E-state index contributed by atoms with van der Waals surface area (Å²) in [5.41, 5.74) is 1.50. The Morgan fingerprint density at radius 2 is 2.15 bits per heavy atom. The lowest BCUT2D eigenvalue weighted by Crippen LogP contribution is -2.19. The van der Waals surface area contributed by atoms with Gasteiger partial charge in [0.2, 0.25) is 10.7 Å². The molecule has 1 aromatic carbocycles. The molecule has 144 valence electrons. The summed E-state index contributed by atoms with van der Waals surface area (Å²) in [4.78, 5) is 11.7. The molecule has 1 N–H and O–H groups in total. The lowest BCUT2D eigenvalue weighted by molar-refractivity contribution is -0.114. The number of rotatable bonds is 7. The van der Waals surface area contributed by atoms with E-state index in [9.17, 15) is 13.2 Å². The number of hydrogen-bond acceptors (Lipinski definition) is 6. The van der Waals surface area contributed by atoms with Gasteiger partial charge in [-0.3, -0.25) is 4.79 Å². The number of nitrogens with zero attached hydrogens (tertiary/aromatic N) is 2. The van der Waals surface area contributed by atoms with E-state index < -0.39 is 10.0 Å². The highest BCUT2D eigenvalue weighted by Gasteiger charge is 2.16. The van der Waals surface area contributed by atoms with E-state index in [0.717, 1.165) is 21.6 Å². The van der Waals surface area contributed by atoms with Gasteiger partial charge >= 0.3 is 0 Å². The molecule has 0 aliphatic carbocycles. The third-order valence-electron chi connectivity index (χ3n) is 3.61. The highest BCUT2D eigenvalue weighted by molar-refractivity contribution is 7.92. The molecule has 2 heterocycles. The zero-order chi connectivity index (χ0) is 19.4. The Labute approximate surface area is 165 Å². The summed E-state index contributed by atoms with van der Waals surface area (Å²) in [5.74, 6) is -0.166.